The van der Waals surface area contributed by atoms with E-state index >= 15 is 0 Å². The normalized spacial score (nSPS) is 11.3. The first-order valence-electron chi connectivity index (χ1n) is 11.0. The number of halogens is 2. The number of nitrogen functional groups attached to an aromatic ring is 1. The maximum Gasteiger partial charge on any atom is 0.260 e. The quantitative estimate of drug-likeness (QED) is 0.217. The number of nitrogens with one attached hydrogen (secondary N) is 1. The number of imidazole rings is 1. The van der Waals surface area contributed by atoms with Crippen LogP contribution in [-0.4, -0.2) is 32.0 Å². The molecule has 10 nitrogen and oxygen atoms in total. The average Bonchev–Trinajstić information content (AvgIpc) is 3.47. The molecule has 0 bridgehead atoms. The number of hydrogen-bond donors (Lipinski definition) is 2. The first-order valence-corrected chi connectivity index (χ1v) is 11.8. The summed E-state index contributed by atoms with van der Waals surface area (Å²) in [6, 6.07) is 19.9. The molecule has 0 radical (unpaired) electrons. The number of amides is 1. The standard InChI is InChI=1S/C25H19Cl2N7O3/c26-17-8-7-16(19(27)11-17)14-36-18-9-5-15(6-10-18)12-29-31-22(35)13-34-21-4-2-1-3-20(21)30-25(34)23-24(28)33-37-32-23/h1-12H,13-14H2,(H2,28,33)(H,31,35)/b29-12+. The van der Waals surface area contributed by atoms with Crippen LogP contribution in [-0.2, 0) is 17.9 Å². The van der Waals surface area contributed by atoms with Crippen LogP contribution in [0.4, 0.5) is 5.82 Å². The van der Waals surface area contributed by atoms with Gasteiger partial charge in [0.25, 0.3) is 5.91 Å². The van der Waals surface area contributed by atoms with Gasteiger partial charge in [0.1, 0.15) is 18.9 Å². The SMILES string of the molecule is Nc1nonc1-c1nc2ccccc2n1CC(=O)N/N=C/c1ccc(OCc2ccc(Cl)cc2Cl)cc1. The Morgan fingerprint density at radius 1 is 1.11 bits per heavy atom. The minimum absolute atomic E-state index is 0.0699. The third-order valence-electron chi connectivity index (χ3n) is 5.37. The highest BCUT2D eigenvalue weighted by Gasteiger charge is 2.20. The van der Waals surface area contributed by atoms with Crippen molar-refractivity contribution in [3.8, 4) is 17.3 Å². The number of para-hydroxylation sites is 2. The highest BCUT2D eigenvalue weighted by Crippen LogP contribution is 2.26. The largest absolute Gasteiger partial charge is 0.489 e. The maximum absolute atomic E-state index is 12.7. The predicted molar refractivity (Wildman–Crippen MR) is 140 cm³/mol. The molecule has 5 rings (SSSR count). The Morgan fingerprint density at radius 3 is 2.68 bits per heavy atom. The second kappa shape index (κ2) is 10.7. The van der Waals surface area contributed by atoms with Gasteiger partial charge in [0.15, 0.2) is 17.3 Å². The van der Waals surface area contributed by atoms with E-state index in [1.165, 1.54) is 6.21 Å². The van der Waals surface area contributed by atoms with E-state index in [9.17, 15) is 4.79 Å². The number of hydrazone groups is 1. The molecule has 37 heavy (non-hydrogen) atoms. The summed E-state index contributed by atoms with van der Waals surface area (Å²) in [6.45, 7) is 0.236. The molecule has 1 amide bonds. The number of rotatable bonds is 8. The molecule has 2 aromatic heterocycles. The first-order chi connectivity index (χ1) is 18.0. The number of nitrogens with two attached hydrogens (primary N) is 1. The van der Waals surface area contributed by atoms with Gasteiger partial charge in [-0.2, -0.15) is 5.10 Å². The summed E-state index contributed by atoms with van der Waals surface area (Å²) in [6.07, 6.45) is 1.53. The number of aromatic nitrogens is 4. The summed E-state index contributed by atoms with van der Waals surface area (Å²) < 4.78 is 12.2. The fourth-order valence-electron chi connectivity index (χ4n) is 3.57. The summed E-state index contributed by atoms with van der Waals surface area (Å²) >= 11 is 12.1. The molecule has 2 heterocycles. The lowest BCUT2D eigenvalue weighted by atomic mass is 10.2. The number of nitrogens with zero attached hydrogens (tertiary/aromatic N) is 5. The van der Waals surface area contributed by atoms with Crippen LogP contribution in [0.3, 0.4) is 0 Å². The summed E-state index contributed by atoms with van der Waals surface area (Å²) in [5.41, 5.74) is 11.6. The lowest BCUT2D eigenvalue weighted by Gasteiger charge is -2.08. The van der Waals surface area contributed by atoms with Crippen molar-refractivity contribution in [2.75, 3.05) is 5.73 Å². The molecule has 0 saturated heterocycles. The van der Waals surface area contributed by atoms with Crippen LogP contribution in [0.1, 0.15) is 11.1 Å². The van der Waals surface area contributed by atoms with E-state index in [-0.39, 0.29) is 24.0 Å². The van der Waals surface area contributed by atoms with Crippen LogP contribution in [0.5, 0.6) is 5.75 Å². The smallest absolute Gasteiger partial charge is 0.260 e. The number of benzene rings is 3. The van der Waals surface area contributed by atoms with Gasteiger partial charge in [-0.05, 0) is 64.4 Å². The second-order valence-electron chi connectivity index (χ2n) is 7.89. The molecule has 186 valence electrons. The Hall–Kier alpha value is -4.41. The lowest BCUT2D eigenvalue weighted by Crippen LogP contribution is -2.23. The minimum Gasteiger partial charge on any atom is -0.489 e. The molecule has 0 aliphatic heterocycles. The van der Waals surface area contributed by atoms with Crippen LogP contribution in [0.2, 0.25) is 10.0 Å². The molecular formula is C25H19Cl2N7O3. The van der Waals surface area contributed by atoms with Crippen molar-refractivity contribution < 1.29 is 14.2 Å². The Labute approximate surface area is 220 Å². The number of carbonyl (C=O) groups is 1. The van der Waals surface area contributed by atoms with E-state index in [2.05, 4.69) is 25.8 Å². The zero-order valence-corrected chi connectivity index (χ0v) is 20.6. The van der Waals surface area contributed by atoms with E-state index in [4.69, 9.17) is 38.3 Å². The van der Waals surface area contributed by atoms with Gasteiger partial charge < -0.3 is 15.0 Å². The number of anilines is 1. The van der Waals surface area contributed by atoms with Crippen molar-refractivity contribution in [3.05, 3.63) is 87.9 Å². The molecule has 0 fully saturated rings. The minimum atomic E-state index is -0.365. The molecule has 0 aliphatic carbocycles. The molecule has 5 aromatic rings. The maximum atomic E-state index is 12.7. The van der Waals surface area contributed by atoms with E-state index in [1.807, 2.05) is 42.5 Å². The zero-order valence-electron chi connectivity index (χ0n) is 19.1. The summed E-state index contributed by atoms with van der Waals surface area (Å²) in [5.74, 6) is 0.747. The molecule has 0 spiro atoms. The van der Waals surface area contributed by atoms with Gasteiger partial charge in [0, 0.05) is 15.6 Å². The summed E-state index contributed by atoms with van der Waals surface area (Å²) in [7, 11) is 0. The third kappa shape index (κ3) is 5.55. The van der Waals surface area contributed by atoms with Gasteiger partial charge >= 0.3 is 0 Å². The number of fused-ring (bicyclic) bond motifs is 1. The Bertz CT molecular complexity index is 1600. The molecule has 0 atom stereocenters. The van der Waals surface area contributed by atoms with E-state index in [1.54, 1.807) is 28.8 Å². The predicted octanol–water partition coefficient (Wildman–Crippen LogP) is 4.70. The van der Waals surface area contributed by atoms with Gasteiger partial charge in [0.05, 0.1) is 17.2 Å². The summed E-state index contributed by atoms with van der Waals surface area (Å²) in [4.78, 5) is 17.2. The second-order valence-corrected chi connectivity index (χ2v) is 8.74. The van der Waals surface area contributed by atoms with Gasteiger partial charge in [-0.15, -0.1) is 0 Å². The van der Waals surface area contributed by atoms with Crippen molar-refractivity contribution in [3.63, 3.8) is 0 Å². The van der Waals surface area contributed by atoms with Crippen LogP contribution < -0.4 is 15.9 Å². The molecule has 3 N–H and O–H groups in total. The lowest BCUT2D eigenvalue weighted by molar-refractivity contribution is -0.121. The highest BCUT2D eigenvalue weighted by atomic mass is 35.5. The molecule has 12 heteroatoms. The van der Waals surface area contributed by atoms with Crippen molar-refractivity contribution >= 4 is 52.2 Å². The first kappa shape index (κ1) is 24.3. The number of ether oxygens (including phenoxy) is 1. The van der Waals surface area contributed by atoms with Crippen LogP contribution in [0.25, 0.3) is 22.6 Å². The van der Waals surface area contributed by atoms with Crippen LogP contribution >= 0.6 is 23.2 Å². The number of carbonyl (C=O) groups excluding carboxylic acids is 1. The van der Waals surface area contributed by atoms with Gasteiger partial charge in [-0.3, -0.25) is 4.79 Å². The number of hydrogen-bond acceptors (Lipinski definition) is 8. The Morgan fingerprint density at radius 2 is 1.92 bits per heavy atom. The molecule has 0 saturated carbocycles. The van der Waals surface area contributed by atoms with Crippen molar-refractivity contribution in [1.82, 2.24) is 25.3 Å². The van der Waals surface area contributed by atoms with E-state index in [0.29, 0.717) is 33.7 Å². The van der Waals surface area contributed by atoms with Gasteiger partial charge in [-0.25, -0.2) is 15.0 Å². The Kier molecular flexibility index (Phi) is 7.02. The topological polar surface area (TPSA) is 133 Å². The average molecular weight is 536 g/mol. The third-order valence-corrected chi connectivity index (χ3v) is 5.96. The fraction of sp³-hybridized carbons (Fsp3) is 0.0800. The fourth-order valence-corrected chi connectivity index (χ4v) is 4.04. The Balaban J connectivity index is 1.21. The van der Waals surface area contributed by atoms with Crippen LogP contribution in [0.15, 0.2) is 76.5 Å². The van der Waals surface area contributed by atoms with Crippen molar-refractivity contribution in [2.45, 2.75) is 13.2 Å². The molecule has 0 unspecified atom stereocenters. The molecule has 0 aliphatic rings. The van der Waals surface area contributed by atoms with Crippen LogP contribution in [0, 0.1) is 0 Å². The molecule has 3 aromatic carbocycles. The van der Waals surface area contributed by atoms with E-state index in [0.717, 1.165) is 16.6 Å². The van der Waals surface area contributed by atoms with Gasteiger partial charge in [0.2, 0.25) is 0 Å². The highest BCUT2D eigenvalue weighted by molar-refractivity contribution is 6.35. The van der Waals surface area contributed by atoms with Crippen molar-refractivity contribution in [2.24, 2.45) is 5.10 Å². The summed E-state index contributed by atoms with van der Waals surface area (Å²) in [5, 5.41) is 12.6. The van der Waals surface area contributed by atoms with E-state index < -0.39 is 0 Å². The van der Waals surface area contributed by atoms with Crippen molar-refractivity contribution in [1.29, 1.82) is 0 Å². The molecular weight excluding hydrogens is 517 g/mol. The monoisotopic (exact) mass is 535 g/mol. The van der Waals surface area contributed by atoms with Gasteiger partial charge in [-0.1, -0.05) is 41.4 Å². The zero-order chi connectivity index (χ0) is 25.8.